The number of nitrogens with zero attached hydrogens (tertiary/aromatic N) is 5. The number of H-pyrrole nitrogens is 1. The summed E-state index contributed by atoms with van der Waals surface area (Å²) in [5.41, 5.74) is 3.31. The number of aromatic amines is 1. The fourth-order valence-electron chi connectivity index (χ4n) is 6.07. The van der Waals surface area contributed by atoms with Crippen molar-refractivity contribution in [3.8, 4) is 11.5 Å². The normalized spacial score (nSPS) is 21.7. The zero-order valence-corrected chi connectivity index (χ0v) is 22.0. The van der Waals surface area contributed by atoms with Gasteiger partial charge in [-0.05, 0) is 47.9 Å². The molecule has 200 valence electrons. The fourth-order valence-corrected chi connectivity index (χ4v) is 6.07. The molecule has 4 heterocycles. The van der Waals surface area contributed by atoms with E-state index in [1.54, 1.807) is 20.5 Å². The van der Waals surface area contributed by atoms with Gasteiger partial charge in [0.1, 0.15) is 12.1 Å². The summed E-state index contributed by atoms with van der Waals surface area (Å²) in [6, 6.07) is 12.0. The van der Waals surface area contributed by atoms with Crippen molar-refractivity contribution in [3.63, 3.8) is 0 Å². The highest BCUT2D eigenvalue weighted by molar-refractivity contribution is 6.10. The summed E-state index contributed by atoms with van der Waals surface area (Å²) in [5.74, 6) is 3.57. The largest absolute Gasteiger partial charge is 0.497 e. The number of benzene rings is 2. The van der Waals surface area contributed by atoms with Gasteiger partial charge < -0.3 is 29.3 Å². The lowest BCUT2D eigenvalue weighted by Crippen LogP contribution is -2.37. The monoisotopic (exact) mass is 527 g/mol. The van der Waals surface area contributed by atoms with Crippen molar-refractivity contribution in [2.45, 2.75) is 17.8 Å². The Bertz CT molecular complexity index is 1600. The van der Waals surface area contributed by atoms with Crippen LogP contribution in [-0.4, -0.2) is 73.6 Å². The molecule has 2 aliphatic heterocycles. The number of anilines is 4. The molecule has 1 amide bonds. The van der Waals surface area contributed by atoms with E-state index in [4.69, 9.17) is 14.2 Å². The van der Waals surface area contributed by atoms with Crippen LogP contribution in [0.3, 0.4) is 0 Å². The van der Waals surface area contributed by atoms with Gasteiger partial charge in [0.2, 0.25) is 11.7 Å². The molecule has 7 rings (SSSR count). The first kappa shape index (κ1) is 23.7. The summed E-state index contributed by atoms with van der Waals surface area (Å²) >= 11 is 0. The van der Waals surface area contributed by atoms with E-state index >= 15 is 0 Å². The van der Waals surface area contributed by atoms with Crippen molar-refractivity contribution in [1.82, 2.24) is 20.2 Å². The predicted molar refractivity (Wildman–Crippen MR) is 146 cm³/mol. The van der Waals surface area contributed by atoms with E-state index in [0.29, 0.717) is 24.8 Å². The third-order valence-corrected chi connectivity index (χ3v) is 8.21. The second-order valence-corrected chi connectivity index (χ2v) is 10.2. The Kier molecular flexibility index (Phi) is 5.37. The number of morpholine rings is 1. The van der Waals surface area contributed by atoms with Crippen molar-refractivity contribution < 1.29 is 19.0 Å². The maximum absolute atomic E-state index is 13.1. The SMILES string of the molecule is COc1ccc2c(c1)[C@]1(C[C@H]1c1ccc3c(N(C)c4ncnc(N5CCOCC5)c4OC)n[nH]c3c1)C(=O)N2. The van der Waals surface area contributed by atoms with E-state index in [1.165, 1.54) is 0 Å². The number of nitrogens with one attached hydrogen (secondary N) is 2. The minimum absolute atomic E-state index is 0.0489. The Morgan fingerprint density at radius 3 is 2.72 bits per heavy atom. The topological polar surface area (TPSA) is 118 Å². The third kappa shape index (κ3) is 3.53. The second-order valence-electron chi connectivity index (χ2n) is 10.2. The average Bonchev–Trinajstić information content (AvgIpc) is 3.51. The quantitative estimate of drug-likeness (QED) is 0.389. The lowest BCUT2D eigenvalue weighted by Gasteiger charge is -2.30. The number of amides is 1. The summed E-state index contributed by atoms with van der Waals surface area (Å²) in [5, 5.41) is 11.8. The van der Waals surface area contributed by atoms with E-state index in [1.807, 2.05) is 30.1 Å². The van der Waals surface area contributed by atoms with E-state index in [2.05, 4.69) is 48.6 Å². The number of carbonyl (C=O) groups is 1. The highest BCUT2D eigenvalue weighted by Crippen LogP contribution is 2.65. The molecule has 1 aliphatic carbocycles. The summed E-state index contributed by atoms with van der Waals surface area (Å²) < 4.78 is 16.7. The van der Waals surface area contributed by atoms with Crippen LogP contribution in [-0.2, 0) is 14.9 Å². The molecular formula is C28H29N7O4. The number of hydrogen-bond donors (Lipinski definition) is 2. The van der Waals surface area contributed by atoms with E-state index in [0.717, 1.165) is 64.6 Å². The van der Waals surface area contributed by atoms with Crippen LogP contribution in [0.2, 0.25) is 0 Å². The van der Waals surface area contributed by atoms with Gasteiger partial charge in [-0.15, -0.1) is 0 Å². The van der Waals surface area contributed by atoms with Crippen molar-refractivity contribution >= 4 is 40.0 Å². The molecule has 2 atom stereocenters. The van der Waals surface area contributed by atoms with Gasteiger partial charge in [0, 0.05) is 37.1 Å². The van der Waals surface area contributed by atoms with Crippen LogP contribution >= 0.6 is 0 Å². The average molecular weight is 528 g/mol. The summed E-state index contributed by atoms with van der Waals surface area (Å²) in [7, 11) is 5.19. The first-order valence-electron chi connectivity index (χ1n) is 13.0. The summed E-state index contributed by atoms with van der Waals surface area (Å²) in [6.45, 7) is 2.77. The van der Waals surface area contributed by atoms with Crippen LogP contribution in [0.4, 0.5) is 23.1 Å². The molecule has 3 aliphatic rings. The zero-order chi connectivity index (χ0) is 26.7. The van der Waals surface area contributed by atoms with Crippen LogP contribution < -0.4 is 24.6 Å². The molecule has 2 aromatic heterocycles. The van der Waals surface area contributed by atoms with Gasteiger partial charge in [-0.3, -0.25) is 9.89 Å². The molecule has 11 heteroatoms. The molecule has 2 N–H and O–H groups in total. The summed E-state index contributed by atoms with van der Waals surface area (Å²) in [4.78, 5) is 26.2. The van der Waals surface area contributed by atoms with E-state index < -0.39 is 5.41 Å². The maximum atomic E-state index is 13.1. The van der Waals surface area contributed by atoms with Crippen molar-refractivity contribution in [1.29, 1.82) is 0 Å². The Morgan fingerprint density at radius 1 is 1.08 bits per heavy atom. The first-order valence-corrected chi connectivity index (χ1v) is 13.0. The van der Waals surface area contributed by atoms with Gasteiger partial charge in [-0.1, -0.05) is 6.07 Å². The van der Waals surface area contributed by atoms with Crippen LogP contribution in [0.25, 0.3) is 10.9 Å². The van der Waals surface area contributed by atoms with Crippen LogP contribution in [0, 0.1) is 0 Å². The van der Waals surface area contributed by atoms with E-state index in [-0.39, 0.29) is 11.8 Å². The molecule has 0 unspecified atom stereocenters. The molecule has 1 saturated heterocycles. The number of rotatable bonds is 6. The van der Waals surface area contributed by atoms with Crippen molar-refractivity contribution in [3.05, 3.63) is 53.9 Å². The lowest BCUT2D eigenvalue weighted by molar-refractivity contribution is -0.118. The van der Waals surface area contributed by atoms with Gasteiger partial charge in [0.15, 0.2) is 17.5 Å². The van der Waals surface area contributed by atoms with Gasteiger partial charge in [0.05, 0.1) is 38.4 Å². The first-order chi connectivity index (χ1) is 19.0. The molecule has 0 bridgehead atoms. The van der Waals surface area contributed by atoms with E-state index in [9.17, 15) is 4.79 Å². The number of carbonyl (C=O) groups excluding carboxylic acids is 1. The lowest BCUT2D eigenvalue weighted by atomic mass is 9.91. The summed E-state index contributed by atoms with van der Waals surface area (Å²) in [6.07, 6.45) is 2.31. The van der Waals surface area contributed by atoms with Crippen LogP contribution in [0.1, 0.15) is 23.5 Å². The standard InChI is InChI=1S/C28H29N7O4/c1-34(25-23(38-3)26(30-15-29-25)35-8-10-39-11-9-35)24-18-6-4-16(12-22(18)32-33-24)20-14-28(20)19-13-17(37-2)5-7-21(19)31-27(28)36/h4-7,12-13,15,20H,8-11,14H2,1-3H3,(H,31,36)(H,32,33)/t20-,28-/m0/s1. The van der Waals surface area contributed by atoms with Crippen molar-refractivity contribution in [2.75, 3.05) is 62.7 Å². The molecular weight excluding hydrogens is 498 g/mol. The molecule has 1 spiro atoms. The number of aromatic nitrogens is 4. The Morgan fingerprint density at radius 2 is 1.92 bits per heavy atom. The van der Waals surface area contributed by atoms with Gasteiger partial charge >= 0.3 is 0 Å². The maximum Gasteiger partial charge on any atom is 0.235 e. The molecule has 2 fully saturated rings. The zero-order valence-electron chi connectivity index (χ0n) is 22.0. The Balaban J connectivity index is 1.21. The van der Waals surface area contributed by atoms with Crippen molar-refractivity contribution in [2.24, 2.45) is 0 Å². The molecule has 11 nitrogen and oxygen atoms in total. The highest BCUT2D eigenvalue weighted by Gasteiger charge is 2.65. The minimum atomic E-state index is -0.554. The Labute approximate surface area is 225 Å². The molecule has 39 heavy (non-hydrogen) atoms. The van der Waals surface area contributed by atoms with Gasteiger partial charge in [-0.2, -0.15) is 5.10 Å². The van der Waals surface area contributed by atoms with Gasteiger partial charge in [0.25, 0.3) is 0 Å². The predicted octanol–water partition coefficient (Wildman–Crippen LogP) is 3.35. The third-order valence-electron chi connectivity index (χ3n) is 8.21. The molecule has 2 aromatic carbocycles. The molecule has 4 aromatic rings. The highest BCUT2D eigenvalue weighted by atomic mass is 16.5. The number of ether oxygens (including phenoxy) is 3. The van der Waals surface area contributed by atoms with Crippen LogP contribution in [0.15, 0.2) is 42.7 Å². The second kappa shape index (κ2) is 8.84. The molecule has 0 radical (unpaired) electrons. The smallest absolute Gasteiger partial charge is 0.235 e. The minimum Gasteiger partial charge on any atom is -0.497 e. The van der Waals surface area contributed by atoms with Crippen LogP contribution in [0.5, 0.6) is 11.5 Å². The molecule has 1 saturated carbocycles. The number of hydrogen-bond acceptors (Lipinski definition) is 9. The fraction of sp³-hybridized carbons (Fsp3) is 0.357. The number of fused-ring (bicyclic) bond motifs is 3. The Hall–Kier alpha value is -4.38. The van der Waals surface area contributed by atoms with Gasteiger partial charge in [-0.25, -0.2) is 9.97 Å². The number of methoxy groups -OCH3 is 2.